The van der Waals surface area contributed by atoms with Crippen molar-refractivity contribution in [3.8, 4) is 5.75 Å². The third-order valence-corrected chi connectivity index (χ3v) is 3.49. The molecule has 0 aliphatic rings. The first-order valence-corrected chi connectivity index (χ1v) is 6.96. The molecule has 1 amide bonds. The van der Waals surface area contributed by atoms with Gasteiger partial charge in [0.15, 0.2) is 0 Å². The van der Waals surface area contributed by atoms with Crippen molar-refractivity contribution < 1.29 is 13.9 Å². The Balaban J connectivity index is 2.27. The summed E-state index contributed by atoms with van der Waals surface area (Å²) in [6.45, 7) is 1.83. The van der Waals surface area contributed by atoms with Crippen molar-refractivity contribution in [2.45, 2.75) is 19.0 Å². The van der Waals surface area contributed by atoms with Crippen LogP contribution in [-0.2, 0) is 4.79 Å². The number of ether oxygens (including phenoxy) is 1. The molecular formula is C17H19FN2O2. The molecule has 116 valence electrons. The molecule has 0 saturated heterocycles. The van der Waals surface area contributed by atoms with E-state index in [0.29, 0.717) is 11.3 Å². The van der Waals surface area contributed by atoms with Crippen molar-refractivity contribution >= 4 is 5.91 Å². The fraction of sp³-hybridized carbons (Fsp3) is 0.235. The first-order chi connectivity index (χ1) is 10.5. The van der Waals surface area contributed by atoms with Crippen LogP contribution in [0.4, 0.5) is 4.39 Å². The number of hydrogen-bond donors (Lipinski definition) is 2. The van der Waals surface area contributed by atoms with E-state index in [0.717, 1.165) is 5.56 Å². The number of nitrogens with two attached hydrogens (primary N) is 1. The van der Waals surface area contributed by atoms with Gasteiger partial charge in [-0.2, -0.15) is 0 Å². The number of halogens is 1. The third-order valence-electron chi connectivity index (χ3n) is 3.49. The number of nitrogens with one attached hydrogen (secondary N) is 1. The van der Waals surface area contributed by atoms with Gasteiger partial charge < -0.3 is 10.5 Å². The molecule has 5 heteroatoms. The largest absolute Gasteiger partial charge is 0.496 e. The van der Waals surface area contributed by atoms with Crippen LogP contribution in [0.15, 0.2) is 48.5 Å². The molecule has 2 rings (SSSR count). The standard InChI is InChI=1S/C17H19FN2O2/c1-11(14-10-13(18)8-9-15(14)22-2)20-16(17(19)21)12-6-4-3-5-7-12/h3-11,16,20H,1-2H3,(H2,19,21)/t11-,16-/m0/s1. The highest BCUT2D eigenvalue weighted by molar-refractivity contribution is 5.81. The van der Waals surface area contributed by atoms with E-state index in [9.17, 15) is 9.18 Å². The van der Waals surface area contributed by atoms with E-state index >= 15 is 0 Å². The molecule has 0 aromatic heterocycles. The van der Waals surface area contributed by atoms with Gasteiger partial charge in [0, 0.05) is 11.6 Å². The van der Waals surface area contributed by atoms with Crippen molar-refractivity contribution in [3.63, 3.8) is 0 Å². The number of rotatable bonds is 6. The molecule has 0 spiro atoms. The second-order valence-electron chi connectivity index (χ2n) is 5.02. The molecular weight excluding hydrogens is 283 g/mol. The van der Waals surface area contributed by atoms with Gasteiger partial charge >= 0.3 is 0 Å². The minimum atomic E-state index is -0.663. The van der Waals surface area contributed by atoms with E-state index < -0.39 is 11.9 Å². The molecule has 0 unspecified atom stereocenters. The zero-order chi connectivity index (χ0) is 16.1. The summed E-state index contributed by atoms with van der Waals surface area (Å²) in [5.74, 6) is -0.300. The van der Waals surface area contributed by atoms with E-state index in [1.54, 1.807) is 6.07 Å². The normalized spacial score (nSPS) is 13.4. The molecule has 2 atom stereocenters. The zero-order valence-corrected chi connectivity index (χ0v) is 12.5. The summed E-state index contributed by atoms with van der Waals surface area (Å²) in [4.78, 5) is 11.7. The number of methoxy groups -OCH3 is 1. The highest BCUT2D eigenvalue weighted by atomic mass is 19.1. The van der Waals surface area contributed by atoms with Crippen molar-refractivity contribution in [1.82, 2.24) is 5.32 Å². The highest BCUT2D eigenvalue weighted by Crippen LogP contribution is 2.28. The maximum absolute atomic E-state index is 13.5. The third kappa shape index (κ3) is 3.62. The number of amides is 1. The average molecular weight is 302 g/mol. The summed E-state index contributed by atoms with van der Waals surface area (Å²) in [6.07, 6.45) is 0. The van der Waals surface area contributed by atoms with Gasteiger partial charge in [-0.3, -0.25) is 10.1 Å². The molecule has 0 aliphatic heterocycles. The Hall–Kier alpha value is -2.40. The number of primary amides is 1. The number of benzene rings is 2. The fourth-order valence-corrected chi connectivity index (χ4v) is 2.37. The van der Waals surface area contributed by atoms with Gasteiger partial charge in [0.1, 0.15) is 17.6 Å². The number of carbonyl (C=O) groups is 1. The fourth-order valence-electron chi connectivity index (χ4n) is 2.37. The van der Waals surface area contributed by atoms with Gasteiger partial charge in [-0.15, -0.1) is 0 Å². The maximum Gasteiger partial charge on any atom is 0.239 e. The van der Waals surface area contributed by atoms with Gasteiger partial charge in [-0.05, 0) is 30.7 Å². The van der Waals surface area contributed by atoms with Crippen LogP contribution >= 0.6 is 0 Å². The maximum atomic E-state index is 13.5. The van der Waals surface area contributed by atoms with Gasteiger partial charge in [-0.25, -0.2) is 4.39 Å². The van der Waals surface area contributed by atoms with Crippen LogP contribution in [0.3, 0.4) is 0 Å². The lowest BCUT2D eigenvalue weighted by atomic mass is 10.0. The Labute approximate surface area is 129 Å². The molecule has 0 bridgehead atoms. The molecule has 0 heterocycles. The molecule has 22 heavy (non-hydrogen) atoms. The van der Waals surface area contributed by atoms with Crippen molar-refractivity contribution in [1.29, 1.82) is 0 Å². The van der Waals surface area contributed by atoms with Crippen LogP contribution in [0, 0.1) is 5.82 Å². The predicted molar refractivity (Wildman–Crippen MR) is 82.9 cm³/mol. The molecule has 0 fully saturated rings. The number of hydrogen-bond acceptors (Lipinski definition) is 3. The Kier molecular flexibility index (Phi) is 5.12. The summed E-state index contributed by atoms with van der Waals surface area (Å²) in [7, 11) is 1.52. The van der Waals surface area contributed by atoms with Crippen LogP contribution in [0.25, 0.3) is 0 Å². The topological polar surface area (TPSA) is 64.3 Å². The smallest absolute Gasteiger partial charge is 0.239 e. The molecule has 0 saturated carbocycles. The number of carbonyl (C=O) groups excluding carboxylic acids is 1. The van der Waals surface area contributed by atoms with E-state index in [1.807, 2.05) is 37.3 Å². The lowest BCUT2D eigenvalue weighted by Crippen LogP contribution is -2.35. The molecule has 3 N–H and O–H groups in total. The Morgan fingerprint density at radius 1 is 1.23 bits per heavy atom. The summed E-state index contributed by atoms with van der Waals surface area (Å²) in [5.41, 5.74) is 6.88. The second kappa shape index (κ2) is 7.04. The Morgan fingerprint density at radius 2 is 1.91 bits per heavy atom. The molecule has 0 aliphatic carbocycles. The first kappa shape index (κ1) is 16.0. The van der Waals surface area contributed by atoms with E-state index in [-0.39, 0.29) is 11.9 Å². The quantitative estimate of drug-likeness (QED) is 0.862. The van der Waals surface area contributed by atoms with Crippen LogP contribution in [0.1, 0.15) is 30.1 Å². The van der Waals surface area contributed by atoms with Crippen molar-refractivity contribution in [2.24, 2.45) is 5.73 Å². The van der Waals surface area contributed by atoms with Crippen LogP contribution in [0.2, 0.25) is 0 Å². The average Bonchev–Trinajstić information content (AvgIpc) is 2.52. The Morgan fingerprint density at radius 3 is 2.50 bits per heavy atom. The minimum absolute atomic E-state index is 0.316. The van der Waals surface area contributed by atoms with E-state index in [1.165, 1.54) is 19.2 Å². The van der Waals surface area contributed by atoms with Crippen molar-refractivity contribution in [3.05, 3.63) is 65.5 Å². The summed E-state index contributed by atoms with van der Waals surface area (Å²) in [6, 6.07) is 12.5. The zero-order valence-electron chi connectivity index (χ0n) is 12.5. The summed E-state index contributed by atoms with van der Waals surface area (Å²) >= 11 is 0. The monoisotopic (exact) mass is 302 g/mol. The van der Waals surface area contributed by atoms with Crippen molar-refractivity contribution in [2.75, 3.05) is 7.11 Å². The lowest BCUT2D eigenvalue weighted by Gasteiger charge is -2.23. The molecule has 2 aromatic carbocycles. The first-order valence-electron chi connectivity index (χ1n) is 6.96. The molecule has 0 radical (unpaired) electrons. The van der Waals surface area contributed by atoms with Gasteiger partial charge in [0.25, 0.3) is 0 Å². The SMILES string of the molecule is COc1ccc(F)cc1[C@H](C)N[C@H](C(N)=O)c1ccccc1. The van der Waals surface area contributed by atoms with Gasteiger partial charge in [0.05, 0.1) is 7.11 Å². The second-order valence-corrected chi connectivity index (χ2v) is 5.02. The minimum Gasteiger partial charge on any atom is -0.496 e. The summed E-state index contributed by atoms with van der Waals surface area (Å²) in [5, 5.41) is 3.13. The predicted octanol–water partition coefficient (Wildman–Crippen LogP) is 2.71. The van der Waals surface area contributed by atoms with E-state index in [4.69, 9.17) is 10.5 Å². The van der Waals surface area contributed by atoms with Gasteiger partial charge in [0.2, 0.25) is 5.91 Å². The van der Waals surface area contributed by atoms with Crippen LogP contribution in [-0.4, -0.2) is 13.0 Å². The van der Waals surface area contributed by atoms with Crippen LogP contribution < -0.4 is 15.8 Å². The lowest BCUT2D eigenvalue weighted by molar-refractivity contribution is -0.120. The molecule has 4 nitrogen and oxygen atoms in total. The van der Waals surface area contributed by atoms with Crippen LogP contribution in [0.5, 0.6) is 5.75 Å². The highest BCUT2D eigenvalue weighted by Gasteiger charge is 2.22. The van der Waals surface area contributed by atoms with E-state index in [2.05, 4.69) is 5.32 Å². The Bertz CT molecular complexity index is 646. The molecule has 2 aromatic rings. The summed E-state index contributed by atoms with van der Waals surface area (Å²) < 4.78 is 18.7. The van der Waals surface area contributed by atoms with Gasteiger partial charge in [-0.1, -0.05) is 30.3 Å².